The Morgan fingerprint density at radius 1 is 0.336 bits per heavy atom. The van der Waals surface area contributed by atoms with Crippen LogP contribution in [-0.2, 0) is 39.6 Å². The number of pyridine rings is 4. The molecule has 110 heavy (non-hydrogen) atoms. The van der Waals surface area contributed by atoms with Gasteiger partial charge in [-0.3, -0.25) is 19.9 Å². The summed E-state index contributed by atoms with van der Waals surface area (Å²) in [6.45, 7) is 30.6. The van der Waals surface area contributed by atoms with Crippen LogP contribution in [0.1, 0.15) is 81.6 Å². The molecule has 0 atom stereocenters. The topological polar surface area (TPSA) is 216 Å². The molecule has 20 heteroatoms. The third-order valence-corrected chi connectivity index (χ3v) is 24.7. The Kier molecular flexibility index (Phi) is 33.3. The SMILES string of the molecule is Cc1cccc(C)c1-c1ccc(-c2cc(C#N)n[n-]2)nc1.Cc1cccc(C)c1-c1ccc(-c2cc(C#N)n[n-]2)nc1.[C-]#[N+]c1cc(-c2ccc(-c3c(C)cccc3C)cn2)[n-]n1.[C-]#[N+]c1cc(-c2ccc(-c3c(C)cccc3C)cn2)[n-]n1.[CH3-].[CH3-].[Os+2].[Os+4].c1ccc([PH+]2CCCC2)cc1.c1ccc([PH+]2CCCC2)cc1. The number of nitriles is 2. The van der Waals surface area contributed by atoms with Crippen molar-refractivity contribution in [1.29, 1.82) is 10.5 Å². The second kappa shape index (κ2) is 42.6. The van der Waals surface area contributed by atoms with Gasteiger partial charge in [0, 0.05) is 85.7 Å². The first-order chi connectivity index (χ1) is 51.7. The summed E-state index contributed by atoms with van der Waals surface area (Å²) in [5, 5.41) is 51.8. The van der Waals surface area contributed by atoms with Crippen molar-refractivity contribution in [3.63, 3.8) is 0 Å². The molecule has 0 N–H and O–H groups in total. The van der Waals surface area contributed by atoms with E-state index in [1.165, 1.54) is 117 Å². The van der Waals surface area contributed by atoms with Crippen LogP contribution in [0, 0.1) is 106 Å². The first-order valence-electron chi connectivity index (χ1n) is 35.2. The number of benzene rings is 6. The summed E-state index contributed by atoms with van der Waals surface area (Å²) in [4.78, 5) is 24.3. The number of hydrogen-bond donors (Lipinski definition) is 0. The Hall–Kier alpha value is -11.1. The molecule has 0 bridgehead atoms. The van der Waals surface area contributed by atoms with Crippen LogP contribution in [0.2, 0.25) is 0 Å². The maximum atomic E-state index is 8.78. The molecular formula is C90H86N16Os2P2+2. The van der Waals surface area contributed by atoms with Crippen LogP contribution in [0.15, 0.2) is 231 Å². The van der Waals surface area contributed by atoms with Gasteiger partial charge in [0.05, 0.1) is 35.3 Å². The van der Waals surface area contributed by atoms with Crippen LogP contribution in [0.4, 0.5) is 11.6 Å². The van der Waals surface area contributed by atoms with Gasteiger partial charge >= 0.3 is 39.6 Å². The third kappa shape index (κ3) is 22.5. The van der Waals surface area contributed by atoms with Crippen LogP contribution < -0.4 is 31.0 Å². The molecule has 0 aliphatic carbocycles. The average molecular weight is 1830 g/mol. The molecule has 0 amide bonds. The second-order valence-corrected chi connectivity index (χ2v) is 31.6. The smallest absolute Gasteiger partial charge is 0.573 e. The third-order valence-electron chi connectivity index (χ3n) is 18.5. The molecule has 16 nitrogen and oxygen atoms in total. The molecule has 0 spiro atoms. The summed E-state index contributed by atoms with van der Waals surface area (Å²) < 4.78 is 0. The van der Waals surface area contributed by atoms with Gasteiger partial charge in [0.15, 0.2) is 0 Å². The van der Waals surface area contributed by atoms with Crippen LogP contribution >= 0.6 is 15.8 Å². The summed E-state index contributed by atoms with van der Waals surface area (Å²) in [5.41, 5.74) is 25.0. The normalized spacial score (nSPS) is 11.7. The van der Waals surface area contributed by atoms with E-state index in [-0.39, 0.29) is 70.3 Å². The van der Waals surface area contributed by atoms with Gasteiger partial charge in [-0.2, -0.15) is 10.5 Å². The standard InChI is InChI=1S/4C17H13N4.2C10H13P.2CH3.2Os/c2*1-11-5-4-6-12(2)17(11)13-7-8-14(19-10-13)15-9-16(18-3)21-20-15;2*1-11-4-3-5-12(2)17(11)13-6-7-15(19-10-13)16-8-14(9-18)20-21-16;2*1-2-6-10(7-3-1)11-8-4-5-9-11;;;;/h2*4-10H,1-2H3;2*3-8,10H,1-2H3;2*1-3,6-7H,4-5,8-9H2;2*1H3;;/q4*-1;;;2*-1;+2;+4/p+2. The van der Waals surface area contributed by atoms with E-state index in [1.54, 1.807) is 34.9 Å². The number of rotatable bonds is 10. The minimum absolute atomic E-state index is 0. The Labute approximate surface area is 676 Å². The molecule has 16 rings (SSSR count). The van der Waals surface area contributed by atoms with Gasteiger partial charge in [-0.05, 0) is 221 Å². The van der Waals surface area contributed by atoms with Gasteiger partial charge in [-0.25, -0.2) is 10.2 Å². The fraction of sp³-hybridized carbons (Fsp3) is 0.178. The summed E-state index contributed by atoms with van der Waals surface area (Å²) >= 11 is 0. The number of aryl methyl sites for hydroxylation is 8. The first-order valence-corrected chi connectivity index (χ1v) is 39.0. The monoisotopic (exact) mass is 1840 g/mol. The van der Waals surface area contributed by atoms with E-state index in [2.05, 4.69) is 259 Å². The second-order valence-electron chi connectivity index (χ2n) is 26.0. The fourth-order valence-electron chi connectivity index (χ4n) is 13.3. The van der Waals surface area contributed by atoms with E-state index >= 15 is 0 Å². The van der Waals surface area contributed by atoms with Gasteiger partial charge in [0.2, 0.25) is 0 Å². The van der Waals surface area contributed by atoms with Crippen molar-refractivity contribution in [3.05, 3.63) is 325 Å². The maximum absolute atomic E-state index is 8.78. The molecule has 2 fully saturated rings. The minimum atomic E-state index is -0.0898. The van der Waals surface area contributed by atoms with Crippen LogP contribution in [0.3, 0.4) is 0 Å². The van der Waals surface area contributed by atoms with Crippen LogP contribution in [0.25, 0.3) is 99.7 Å². The molecule has 0 unspecified atom stereocenters. The van der Waals surface area contributed by atoms with Crippen molar-refractivity contribution < 1.29 is 39.6 Å². The summed E-state index contributed by atoms with van der Waals surface area (Å²) in [7, 11) is -0.180. The molecule has 14 aromatic rings. The van der Waals surface area contributed by atoms with E-state index in [4.69, 9.17) is 23.7 Å². The number of nitrogens with zero attached hydrogens (tertiary/aromatic N) is 16. The molecule has 10 heterocycles. The molecule has 2 aliphatic heterocycles. The van der Waals surface area contributed by atoms with Crippen LogP contribution in [0.5, 0.6) is 0 Å². The molecule has 8 aromatic heterocycles. The largest absolute Gasteiger partial charge is 4.00 e. The average Bonchev–Trinajstić information content (AvgIpc) is 1.16. The van der Waals surface area contributed by atoms with Crippen molar-refractivity contribution in [2.45, 2.75) is 81.1 Å². The number of aromatic nitrogens is 12. The Bertz CT molecular complexity index is 4700. The Balaban J connectivity index is 0.000000185. The molecule has 6 aromatic carbocycles. The summed E-state index contributed by atoms with van der Waals surface area (Å²) in [5.74, 6) is 0.594. The summed E-state index contributed by atoms with van der Waals surface area (Å²) in [6.07, 6.45) is 19.3. The molecule has 550 valence electrons. The van der Waals surface area contributed by atoms with Gasteiger partial charge in [-0.15, -0.1) is 0 Å². The van der Waals surface area contributed by atoms with E-state index < -0.39 is 0 Å². The van der Waals surface area contributed by atoms with Crippen molar-refractivity contribution in [2.75, 3.05) is 24.6 Å². The molecule has 2 aliphatic rings. The zero-order valence-corrected chi connectivity index (χ0v) is 70.5. The minimum Gasteiger partial charge on any atom is -0.573 e. The van der Waals surface area contributed by atoms with E-state index in [0.717, 1.165) is 45.0 Å². The van der Waals surface area contributed by atoms with E-state index in [9.17, 15) is 0 Å². The molecule has 0 saturated carbocycles. The zero-order chi connectivity index (χ0) is 74.3. The van der Waals surface area contributed by atoms with Gasteiger partial charge in [0.25, 0.3) is 11.6 Å². The van der Waals surface area contributed by atoms with E-state index in [0.29, 0.717) is 45.8 Å². The van der Waals surface area contributed by atoms with Crippen molar-refractivity contribution in [2.24, 2.45) is 0 Å². The Morgan fingerprint density at radius 2 is 0.582 bits per heavy atom. The number of hydrogen-bond acceptors (Lipinski definition) is 10. The molecule has 0 radical (unpaired) electrons. The summed E-state index contributed by atoms with van der Waals surface area (Å²) in [6, 6.07) is 73.4. The van der Waals surface area contributed by atoms with Crippen molar-refractivity contribution >= 4 is 38.1 Å². The van der Waals surface area contributed by atoms with Crippen molar-refractivity contribution in [1.82, 2.24) is 60.7 Å². The Morgan fingerprint density at radius 3 is 0.791 bits per heavy atom. The van der Waals surface area contributed by atoms with E-state index in [1.807, 2.05) is 85.5 Å². The van der Waals surface area contributed by atoms with Crippen molar-refractivity contribution in [3.8, 4) is 102 Å². The molecular weight excluding hydrogens is 1750 g/mol. The fourth-order valence-corrected chi connectivity index (χ4v) is 18.9. The van der Waals surface area contributed by atoms with Gasteiger partial charge < -0.3 is 55.1 Å². The maximum Gasteiger partial charge on any atom is 4.00 e. The predicted octanol–water partition coefficient (Wildman–Crippen LogP) is 19.9. The van der Waals surface area contributed by atoms with Gasteiger partial charge in [0.1, 0.15) is 23.5 Å². The molecule has 2 saturated heterocycles. The van der Waals surface area contributed by atoms with Gasteiger partial charge in [-0.1, -0.05) is 169 Å². The van der Waals surface area contributed by atoms with Crippen LogP contribution in [-0.4, -0.2) is 65.0 Å². The quantitative estimate of drug-likeness (QED) is 0.0920. The zero-order valence-electron chi connectivity index (χ0n) is 63.5. The predicted molar refractivity (Wildman–Crippen MR) is 444 cm³/mol. The first kappa shape index (κ1) is 86.1.